The molecule has 19 heavy (non-hydrogen) atoms. The zero-order valence-electron chi connectivity index (χ0n) is 10.6. The number of ether oxygens (including phenoxy) is 1. The first kappa shape index (κ1) is 14.3. The summed E-state index contributed by atoms with van der Waals surface area (Å²) in [5.41, 5.74) is 0. The van der Waals surface area contributed by atoms with Crippen molar-refractivity contribution in [1.29, 1.82) is 0 Å². The summed E-state index contributed by atoms with van der Waals surface area (Å²) < 4.78 is 4.58. The summed E-state index contributed by atoms with van der Waals surface area (Å²) >= 11 is 7.28. The quantitative estimate of drug-likeness (QED) is 0.606. The number of nitrogens with zero attached hydrogens (tertiary/aromatic N) is 4. The zero-order chi connectivity index (χ0) is 13.7. The highest BCUT2D eigenvalue weighted by atomic mass is 35.5. The summed E-state index contributed by atoms with van der Waals surface area (Å²) in [7, 11) is 1.37. The highest BCUT2D eigenvalue weighted by Crippen LogP contribution is 2.21. The van der Waals surface area contributed by atoms with Crippen LogP contribution in [0.3, 0.4) is 0 Å². The van der Waals surface area contributed by atoms with Gasteiger partial charge in [-0.2, -0.15) is 15.0 Å². The number of anilines is 1. The third-order valence-corrected chi connectivity index (χ3v) is 3.75. The van der Waals surface area contributed by atoms with Crippen LogP contribution < -0.4 is 4.90 Å². The molecule has 0 bridgehead atoms. The molecule has 1 saturated heterocycles. The van der Waals surface area contributed by atoms with E-state index in [-0.39, 0.29) is 11.3 Å². The van der Waals surface area contributed by atoms with Crippen LogP contribution in [-0.2, 0) is 9.53 Å². The summed E-state index contributed by atoms with van der Waals surface area (Å²) in [5, 5.41) is 0.739. The maximum absolute atomic E-state index is 11.0. The van der Waals surface area contributed by atoms with Gasteiger partial charge in [0.15, 0.2) is 5.16 Å². The summed E-state index contributed by atoms with van der Waals surface area (Å²) in [6, 6.07) is 0. The van der Waals surface area contributed by atoms with Crippen molar-refractivity contribution in [3.8, 4) is 0 Å². The fourth-order valence-corrected chi connectivity index (χ4v) is 2.73. The number of hydrogen-bond donors (Lipinski definition) is 0. The van der Waals surface area contributed by atoms with Crippen molar-refractivity contribution >= 4 is 35.3 Å². The molecule has 1 aromatic heterocycles. The summed E-state index contributed by atoms with van der Waals surface area (Å²) in [5.74, 6) is 0.942. The van der Waals surface area contributed by atoms with Crippen molar-refractivity contribution in [1.82, 2.24) is 15.0 Å². The molecule has 0 N–H and O–H groups in total. The maximum Gasteiger partial charge on any atom is 0.306 e. The Labute approximate surface area is 120 Å². The standard InChI is InChI=1S/C11H15ClN4O2S/c1-18-8(17)4-7-19-11-14-9(12)13-10(15-11)16-5-2-3-6-16/h2-7H2,1H3. The van der Waals surface area contributed by atoms with Crippen LogP contribution in [0.1, 0.15) is 19.3 Å². The van der Waals surface area contributed by atoms with Gasteiger partial charge in [0.25, 0.3) is 0 Å². The van der Waals surface area contributed by atoms with E-state index >= 15 is 0 Å². The van der Waals surface area contributed by atoms with Crippen LogP contribution in [0.2, 0.25) is 5.28 Å². The lowest BCUT2D eigenvalue weighted by atomic mass is 10.4. The molecule has 1 fully saturated rings. The first-order valence-electron chi connectivity index (χ1n) is 6.05. The lowest BCUT2D eigenvalue weighted by Crippen LogP contribution is -2.21. The van der Waals surface area contributed by atoms with Crippen LogP contribution in [0, 0.1) is 0 Å². The summed E-state index contributed by atoms with van der Waals surface area (Å²) in [6.07, 6.45) is 2.62. The van der Waals surface area contributed by atoms with E-state index in [1.807, 2.05) is 0 Å². The number of aromatic nitrogens is 3. The molecule has 1 aromatic rings. The summed E-state index contributed by atoms with van der Waals surface area (Å²) in [6.45, 7) is 1.90. The first-order chi connectivity index (χ1) is 9.19. The Morgan fingerprint density at radius 1 is 1.37 bits per heavy atom. The van der Waals surface area contributed by atoms with Crippen LogP contribution >= 0.6 is 23.4 Å². The molecule has 0 radical (unpaired) electrons. The van der Waals surface area contributed by atoms with E-state index in [1.54, 1.807) is 0 Å². The third kappa shape index (κ3) is 4.21. The molecule has 0 unspecified atom stereocenters. The Hall–Kier alpha value is -1.08. The molecule has 1 aliphatic rings. The van der Waals surface area contributed by atoms with Crippen molar-refractivity contribution in [3.63, 3.8) is 0 Å². The SMILES string of the molecule is COC(=O)CCSc1nc(Cl)nc(N2CCCC2)n1. The fourth-order valence-electron chi connectivity index (χ4n) is 1.77. The number of halogens is 1. The fraction of sp³-hybridized carbons (Fsp3) is 0.636. The van der Waals surface area contributed by atoms with Gasteiger partial charge in [0.2, 0.25) is 11.2 Å². The highest BCUT2D eigenvalue weighted by molar-refractivity contribution is 7.99. The smallest absolute Gasteiger partial charge is 0.306 e. The number of carbonyl (C=O) groups is 1. The van der Waals surface area contributed by atoms with Crippen molar-refractivity contribution in [2.45, 2.75) is 24.4 Å². The van der Waals surface area contributed by atoms with Crippen molar-refractivity contribution in [2.75, 3.05) is 30.9 Å². The lowest BCUT2D eigenvalue weighted by molar-refractivity contribution is -0.140. The number of hydrogen-bond acceptors (Lipinski definition) is 7. The second-order valence-corrected chi connectivity index (χ2v) is 5.46. The van der Waals surface area contributed by atoms with Crippen molar-refractivity contribution in [2.24, 2.45) is 0 Å². The predicted molar refractivity (Wildman–Crippen MR) is 73.6 cm³/mol. The zero-order valence-corrected chi connectivity index (χ0v) is 12.2. The predicted octanol–water partition coefficient (Wildman–Crippen LogP) is 1.78. The van der Waals surface area contributed by atoms with Crippen LogP contribution in [0.15, 0.2) is 5.16 Å². The monoisotopic (exact) mass is 302 g/mol. The number of thioether (sulfide) groups is 1. The molecule has 0 aromatic carbocycles. The average molecular weight is 303 g/mol. The van der Waals surface area contributed by atoms with Crippen LogP contribution in [0.25, 0.3) is 0 Å². The minimum atomic E-state index is -0.243. The van der Waals surface area contributed by atoms with Gasteiger partial charge in [-0.15, -0.1) is 0 Å². The van der Waals surface area contributed by atoms with Crippen molar-refractivity contribution in [3.05, 3.63) is 5.28 Å². The van der Waals surface area contributed by atoms with Gasteiger partial charge in [0.05, 0.1) is 13.5 Å². The molecule has 0 aliphatic carbocycles. The van der Waals surface area contributed by atoms with E-state index in [9.17, 15) is 4.79 Å². The van der Waals surface area contributed by atoms with Gasteiger partial charge in [-0.1, -0.05) is 11.8 Å². The van der Waals surface area contributed by atoms with E-state index in [0.717, 1.165) is 25.9 Å². The molecule has 0 saturated carbocycles. The molecule has 1 aliphatic heterocycles. The molecule has 8 heteroatoms. The lowest BCUT2D eigenvalue weighted by Gasteiger charge is -2.15. The largest absolute Gasteiger partial charge is 0.469 e. The molecule has 0 spiro atoms. The number of esters is 1. The average Bonchev–Trinajstić information content (AvgIpc) is 2.91. The minimum absolute atomic E-state index is 0.192. The van der Waals surface area contributed by atoms with E-state index in [4.69, 9.17) is 11.6 Å². The van der Waals surface area contributed by atoms with E-state index < -0.39 is 0 Å². The van der Waals surface area contributed by atoms with Crippen LogP contribution in [0.4, 0.5) is 5.95 Å². The molecule has 0 amide bonds. The third-order valence-electron chi connectivity index (χ3n) is 2.73. The normalized spacial score (nSPS) is 14.7. The van der Waals surface area contributed by atoms with E-state index in [1.165, 1.54) is 18.9 Å². The molecule has 104 valence electrons. The maximum atomic E-state index is 11.0. The van der Waals surface area contributed by atoms with Gasteiger partial charge < -0.3 is 9.64 Å². The van der Waals surface area contributed by atoms with Gasteiger partial charge in [-0.25, -0.2) is 0 Å². The number of methoxy groups -OCH3 is 1. The highest BCUT2D eigenvalue weighted by Gasteiger charge is 2.17. The Morgan fingerprint density at radius 2 is 2.11 bits per heavy atom. The Kier molecular flexibility index (Phi) is 5.21. The molecular formula is C11H15ClN4O2S. The van der Waals surface area contributed by atoms with Gasteiger partial charge >= 0.3 is 5.97 Å². The van der Waals surface area contributed by atoms with Crippen LogP contribution in [0.5, 0.6) is 0 Å². The minimum Gasteiger partial charge on any atom is -0.469 e. The summed E-state index contributed by atoms with van der Waals surface area (Å²) in [4.78, 5) is 25.7. The van der Waals surface area contributed by atoms with E-state index in [0.29, 0.717) is 23.3 Å². The molecule has 0 atom stereocenters. The molecule has 2 heterocycles. The Balaban J connectivity index is 1.98. The van der Waals surface area contributed by atoms with Gasteiger partial charge in [0.1, 0.15) is 0 Å². The second-order valence-electron chi connectivity index (χ2n) is 4.06. The molecular weight excluding hydrogens is 288 g/mol. The Morgan fingerprint density at radius 3 is 2.79 bits per heavy atom. The molecule has 6 nitrogen and oxygen atoms in total. The Bertz CT molecular complexity index is 454. The van der Waals surface area contributed by atoms with Gasteiger partial charge in [-0.05, 0) is 24.4 Å². The topological polar surface area (TPSA) is 68.2 Å². The van der Waals surface area contributed by atoms with Gasteiger partial charge in [0, 0.05) is 18.8 Å². The van der Waals surface area contributed by atoms with Gasteiger partial charge in [-0.3, -0.25) is 4.79 Å². The second kappa shape index (κ2) is 6.91. The number of carbonyl (C=O) groups excluding carboxylic acids is 1. The number of rotatable bonds is 5. The van der Waals surface area contributed by atoms with Crippen molar-refractivity contribution < 1.29 is 9.53 Å². The molecule has 2 rings (SSSR count). The van der Waals surface area contributed by atoms with E-state index in [2.05, 4.69) is 24.6 Å². The van der Waals surface area contributed by atoms with Crippen LogP contribution in [-0.4, -0.2) is 46.9 Å². The first-order valence-corrected chi connectivity index (χ1v) is 7.41.